The number of nitrogens with one attached hydrogen (secondary N) is 1. The molecule has 39 heavy (non-hydrogen) atoms. The Balaban J connectivity index is 1.15. The molecule has 0 bridgehead atoms. The van der Waals surface area contributed by atoms with E-state index < -0.39 is 0 Å². The quantitative estimate of drug-likeness (QED) is 0.505. The van der Waals surface area contributed by atoms with Crippen LogP contribution in [0.3, 0.4) is 0 Å². The average Bonchev–Trinajstić information content (AvgIpc) is 3.46. The molecule has 1 aliphatic carbocycles. The molecule has 2 heterocycles. The predicted octanol–water partition coefficient (Wildman–Crippen LogP) is 4.83. The fourth-order valence-corrected chi connectivity index (χ4v) is 6.27. The number of rotatable bonds is 7. The predicted molar refractivity (Wildman–Crippen MR) is 158 cm³/mol. The SMILES string of the molecule is CN=CC(=CN)c1ccc(C2CCN(C(=O)c3ccc(C)c(NC(=O)C4CN(C5CCCC5)C4)c3)CC2)cc1. The van der Waals surface area contributed by atoms with Crippen LogP contribution in [-0.4, -0.2) is 67.1 Å². The monoisotopic (exact) mass is 527 g/mol. The summed E-state index contributed by atoms with van der Waals surface area (Å²) in [4.78, 5) is 34.8. The molecule has 3 N–H and O–H groups in total. The first-order valence-electron chi connectivity index (χ1n) is 14.4. The number of hydrogen-bond donors (Lipinski definition) is 2. The van der Waals surface area contributed by atoms with Crippen LogP contribution in [0.2, 0.25) is 0 Å². The van der Waals surface area contributed by atoms with Gasteiger partial charge in [0.15, 0.2) is 0 Å². The maximum atomic E-state index is 13.4. The third-order valence-electron chi connectivity index (χ3n) is 8.81. The van der Waals surface area contributed by atoms with E-state index in [2.05, 4.69) is 39.5 Å². The van der Waals surface area contributed by atoms with E-state index in [0.717, 1.165) is 61.4 Å². The van der Waals surface area contributed by atoms with Crippen molar-refractivity contribution in [3.63, 3.8) is 0 Å². The minimum Gasteiger partial charge on any atom is -0.404 e. The minimum atomic E-state index is 0.0342. The normalized spacial score (nSPS) is 19.9. The Morgan fingerprint density at radius 1 is 0.974 bits per heavy atom. The van der Waals surface area contributed by atoms with Crippen LogP contribution >= 0.6 is 0 Å². The summed E-state index contributed by atoms with van der Waals surface area (Å²) in [5, 5.41) is 3.12. The Morgan fingerprint density at radius 2 is 1.64 bits per heavy atom. The number of carbonyl (C=O) groups is 2. The Morgan fingerprint density at radius 3 is 2.28 bits per heavy atom. The number of hydrogen-bond acceptors (Lipinski definition) is 5. The van der Waals surface area contributed by atoms with E-state index in [1.54, 1.807) is 19.5 Å². The van der Waals surface area contributed by atoms with Gasteiger partial charge >= 0.3 is 0 Å². The summed E-state index contributed by atoms with van der Waals surface area (Å²) >= 11 is 0. The van der Waals surface area contributed by atoms with Gasteiger partial charge in [0.25, 0.3) is 5.91 Å². The lowest BCUT2D eigenvalue weighted by Crippen LogP contribution is -2.55. The molecule has 0 unspecified atom stereocenters. The van der Waals surface area contributed by atoms with Gasteiger partial charge in [0, 0.05) is 68.5 Å². The summed E-state index contributed by atoms with van der Waals surface area (Å²) < 4.78 is 0. The molecular weight excluding hydrogens is 486 g/mol. The average molecular weight is 528 g/mol. The highest BCUT2D eigenvalue weighted by Crippen LogP contribution is 2.32. The zero-order valence-electron chi connectivity index (χ0n) is 23.2. The van der Waals surface area contributed by atoms with Gasteiger partial charge in [-0.1, -0.05) is 43.2 Å². The van der Waals surface area contributed by atoms with Crippen molar-refractivity contribution in [2.24, 2.45) is 16.6 Å². The molecule has 3 fully saturated rings. The second-order valence-electron chi connectivity index (χ2n) is 11.3. The number of aliphatic imine (C=N–C) groups is 1. The van der Waals surface area contributed by atoms with Crippen molar-refractivity contribution in [3.8, 4) is 0 Å². The molecule has 7 heteroatoms. The molecule has 0 aromatic heterocycles. The molecular formula is C32H41N5O2. The van der Waals surface area contributed by atoms with E-state index in [0.29, 0.717) is 17.5 Å². The van der Waals surface area contributed by atoms with E-state index in [9.17, 15) is 9.59 Å². The number of amides is 2. The number of nitrogens with two attached hydrogens (primary N) is 1. The minimum absolute atomic E-state index is 0.0342. The molecule has 2 amide bonds. The van der Waals surface area contributed by atoms with E-state index >= 15 is 0 Å². The summed E-state index contributed by atoms with van der Waals surface area (Å²) in [7, 11) is 1.74. The van der Waals surface area contributed by atoms with Crippen molar-refractivity contribution in [1.82, 2.24) is 9.80 Å². The van der Waals surface area contributed by atoms with Crippen LogP contribution in [0.25, 0.3) is 5.57 Å². The van der Waals surface area contributed by atoms with Gasteiger partial charge in [0.2, 0.25) is 5.91 Å². The van der Waals surface area contributed by atoms with Gasteiger partial charge in [-0.05, 0) is 67.3 Å². The molecule has 5 rings (SSSR count). The van der Waals surface area contributed by atoms with Crippen molar-refractivity contribution in [2.45, 2.75) is 57.4 Å². The molecule has 206 valence electrons. The van der Waals surface area contributed by atoms with Crippen LogP contribution in [0.5, 0.6) is 0 Å². The Kier molecular flexibility index (Phi) is 8.46. The zero-order chi connectivity index (χ0) is 27.4. The van der Waals surface area contributed by atoms with Crippen LogP contribution in [0.15, 0.2) is 53.7 Å². The van der Waals surface area contributed by atoms with Crippen LogP contribution in [0, 0.1) is 12.8 Å². The van der Waals surface area contributed by atoms with Crippen molar-refractivity contribution in [2.75, 3.05) is 38.5 Å². The molecule has 0 atom stereocenters. The highest BCUT2D eigenvalue weighted by molar-refractivity contribution is 6.09. The number of likely N-dealkylation sites (tertiary alicyclic amines) is 2. The summed E-state index contributed by atoms with van der Waals surface area (Å²) in [5.74, 6) is 0.564. The lowest BCUT2D eigenvalue weighted by atomic mass is 9.88. The molecule has 2 aromatic rings. The number of benzene rings is 2. The summed E-state index contributed by atoms with van der Waals surface area (Å²) in [6.45, 7) is 5.12. The first kappa shape index (κ1) is 27.1. The number of nitrogens with zero attached hydrogens (tertiary/aromatic N) is 3. The molecule has 7 nitrogen and oxygen atoms in total. The maximum absolute atomic E-state index is 13.4. The highest BCUT2D eigenvalue weighted by Gasteiger charge is 2.37. The van der Waals surface area contributed by atoms with Crippen LogP contribution in [-0.2, 0) is 4.79 Å². The van der Waals surface area contributed by atoms with E-state index in [1.807, 2.05) is 30.0 Å². The summed E-state index contributed by atoms with van der Waals surface area (Å²) in [6, 6.07) is 14.8. The molecule has 2 aromatic carbocycles. The summed E-state index contributed by atoms with van der Waals surface area (Å²) in [5.41, 5.74) is 11.3. The van der Waals surface area contributed by atoms with Gasteiger partial charge in [0.1, 0.15) is 0 Å². The molecule has 3 aliphatic rings. The lowest BCUT2D eigenvalue weighted by Gasteiger charge is -2.42. The molecule has 0 radical (unpaired) electrons. The Bertz CT molecular complexity index is 1230. The van der Waals surface area contributed by atoms with Gasteiger partial charge in [-0.15, -0.1) is 0 Å². The van der Waals surface area contributed by atoms with Gasteiger partial charge in [-0.25, -0.2) is 0 Å². The van der Waals surface area contributed by atoms with Gasteiger partial charge in [0.05, 0.1) is 5.92 Å². The smallest absolute Gasteiger partial charge is 0.253 e. The highest BCUT2D eigenvalue weighted by atomic mass is 16.2. The number of anilines is 1. The van der Waals surface area contributed by atoms with Gasteiger partial charge in [-0.3, -0.25) is 19.5 Å². The zero-order valence-corrected chi connectivity index (χ0v) is 23.2. The standard InChI is InChI=1S/C32H41N5O2/c1-22-7-8-26(17-30(22)35-31(38)28-20-37(21-28)29-5-3-4-6-29)32(39)36-15-13-25(14-16-36)23-9-11-24(12-10-23)27(18-33)19-34-2/h7-12,17-19,25,28-29H,3-6,13-16,20-21,33H2,1-2H3,(H,35,38). The van der Waals surface area contributed by atoms with Crippen LogP contribution in [0.4, 0.5) is 5.69 Å². The number of carbonyl (C=O) groups excluding carboxylic acids is 2. The van der Waals surface area contributed by atoms with E-state index in [-0.39, 0.29) is 17.7 Å². The first-order chi connectivity index (χ1) is 19.0. The topological polar surface area (TPSA) is 91.0 Å². The van der Waals surface area contributed by atoms with E-state index in [4.69, 9.17) is 5.73 Å². The number of allylic oxidation sites excluding steroid dienone is 1. The van der Waals surface area contributed by atoms with Gasteiger partial charge in [-0.2, -0.15) is 0 Å². The number of piperidine rings is 1. The van der Waals surface area contributed by atoms with Crippen molar-refractivity contribution in [1.29, 1.82) is 0 Å². The van der Waals surface area contributed by atoms with Gasteiger partial charge < -0.3 is 16.0 Å². The fraction of sp³-hybridized carbons (Fsp3) is 0.469. The number of aryl methyl sites for hydroxylation is 1. The largest absolute Gasteiger partial charge is 0.404 e. The van der Waals surface area contributed by atoms with E-state index in [1.165, 1.54) is 31.2 Å². The third-order valence-corrected chi connectivity index (χ3v) is 8.81. The summed E-state index contributed by atoms with van der Waals surface area (Å²) in [6.07, 6.45) is 10.3. The third kappa shape index (κ3) is 6.09. The van der Waals surface area contributed by atoms with Crippen LogP contribution < -0.4 is 11.1 Å². The Hall–Kier alpha value is -3.45. The van der Waals surface area contributed by atoms with Crippen molar-refractivity contribution < 1.29 is 9.59 Å². The first-order valence-corrected chi connectivity index (χ1v) is 14.4. The Labute approximate surface area is 232 Å². The second kappa shape index (κ2) is 12.2. The van der Waals surface area contributed by atoms with Crippen molar-refractivity contribution >= 4 is 29.3 Å². The second-order valence-corrected chi connectivity index (χ2v) is 11.3. The lowest BCUT2D eigenvalue weighted by molar-refractivity contribution is -0.125. The molecule has 1 saturated carbocycles. The maximum Gasteiger partial charge on any atom is 0.253 e. The fourth-order valence-electron chi connectivity index (χ4n) is 6.27. The molecule has 2 saturated heterocycles. The van der Waals surface area contributed by atoms with Crippen LogP contribution in [0.1, 0.15) is 71.5 Å². The molecule has 2 aliphatic heterocycles. The van der Waals surface area contributed by atoms with Crippen molar-refractivity contribution in [3.05, 3.63) is 70.9 Å². The molecule has 0 spiro atoms.